The van der Waals surface area contributed by atoms with Crippen LogP contribution in [0.5, 0.6) is 0 Å². The van der Waals surface area contributed by atoms with Crippen LogP contribution >= 0.6 is 11.6 Å². The molecule has 0 unspecified atom stereocenters. The fourth-order valence-corrected chi connectivity index (χ4v) is 3.47. The zero-order valence-electron chi connectivity index (χ0n) is 16.5. The van der Waals surface area contributed by atoms with Gasteiger partial charge in [-0.1, -0.05) is 30.2 Å². The molecule has 3 aromatic heterocycles. The van der Waals surface area contributed by atoms with Crippen LogP contribution < -0.4 is 5.32 Å². The second-order valence-corrected chi connectivity index (χ2v) is 7.53. The number of aromatic amines is 1. The van der Waals surface area contributed by atoms with Gasteiger partial charge in [-0.05, 0) is 37.1 Å². The van der Waals surface area contributed by atoms with E-state index in [2.05, 4.69) is 25.4 Å². The van der Waals surface area contributed by atoms with Crippen LogP contribution in [0.1, 0.15) is 41.1 Å². The first-order valence-corrected chi connectivity index (χ1v) is 10.4. The first kappa shape index (κ1) is 20.1. The Balaban J connectivity index is 1.19. The number of para-hydroxylation sites is 2. The van der Waals surface area contributed by atoms with Gasteiger partial charge in [-0.15, -0.1) is 0 Å². The first-order valence-electron chi connectivity index (χ1n) is 10.0. The van der Waals surface area contributed by atoms with Crippen LogP contribution in [0.25, 0.3) is 11.0 Å². The quantitative estimate of drug-likeness (QED) is 0.396. The Hall–Kier alpha value is -3.19. The van der Waals surface area contributed by atoms with Gasteiger partial charge >= 0.3 is 0 Å². The minimum absolute atomic E-state index is 0.187. The van der Waals surface area contributed by atoms with E-state index in [0.29, 0.717) is 16.3 Å². The Bertz CT molecular complexity index is 1100. The monoisotopic (exact) mass is 422 g/mol. The molecule has 0 radical (unpaired) electrons. The van der Waals surface area contributed by atoms with Gasteiger partial charge in [0.25, 0.3) is 5.91 Å². The van der Waals surface area contributed by atoms with Crippen LogP contribution in [0, 0.1) is 0 Å². The summed E-state index contributed by atoms with van der Waals surface area (Å²) in [6, 6.07) is 11.6. The smallest absolute Gasteiger partial charge is 0.254 e. The molecule has 3 heterocycles. The Morgan fingerprint density at radius 2 is 2.03 bits per heavy atom. The van der Waals surface area contributed by atoms with Gasteiger partial charge in [0.15, 0.2) is 0 Å². The van der Waals surface area contributed by atoms with Crippen molar-refractivity contribution in [1.82, 2.24) is 30.0 Å². The molecule has 0 saturated carbocycles. The van der Waals surface area contributed by atoms with Crippen molar-refractivity contribution in [2.45, 2.75) is 38.8 Å². The van der Waals surface area contributed by atoms with Crippen LogP contribution in [-0.4, -0.2) is 30.6 Å². The SMILES string of the molecule is O=C(NCc1ncccc1Cl)c1cnn(CCCCCc2nc3ccccc3[nH]2)c1. The highest BCUT2D eigenvalue weighted by Crippen LogP contribution is 2.13. The highest BCUT2D eigenvalue weighted by atomic mass is 35.5. The number of hydrogen-bond acceptors (Lipinski definition) is 4. The molecule has 0 fully saturated rings. The summed E-state index contributed by atoms with van der Waals surface area (Å²) in [5.74, 6) is 0.843. The molecule has 30 heavy (non-hydrogen) atoms. The molecule has 0 aliphatic carbocycles. The summed E-state index contributed by atoms with van der Waals surface area (Å²) >= 11 is 6.06. The number of H-pyrrole nitrogens is 1. The van der Waals surface area contributed by atoms with Crippen molar-refractivity contribution in [3.63, 3.8) is 0 Å². The number of hydrogen-bond donors (Lipinski definition) is 2. The number of nitrogens with zero attached hydrogens (tertiary/aromatic N) is 4. The number of imidazole rings is 1. The number of carbonyl (C=O) groups excluding carboxylic acids is 1. The Kier molecular flexibility index (Phi) is 6.39. The van der Waals surface area contributed by atoms with Gasteiger partial charge in [-0.25, -0.2) is 4.98 Å². The van der Waals surface area contributed by atoms with Crippen molar-refractivity contribution in [2.24, 2.45) is 0 Å². The van der Waals surface area contributed by atoms with Crippen LogP contribution in [0.4, 0.5) is 0 Å². The number of fused-ring (bicyclic) bond motifs is 1. The molecule has 154 valence electrons. The van der Waals surface area contributed by atoms with E-state index >= 15 is 0 Å². The molecule has 0 spiro atoms. The molecule has 8 heteroatoms. The predicted octanol–water partition coefficient (Wildman–Crippen LogP) is 4.15. The van der Waals surface area contributed by atoms with Crippen molar-refractivity contribution in [3.8, 4) is 0 Å². The highest BCUT2D eigenvalue weighted by molar-refractivity contribution is 6.31. The molecule has 2 N–H and O–H groups in total. The Morgan fingerprint density at radius 1 is 1.13 bits per heavy atom. The predicted molar refractivity (Wildman–Crippen MR) is 116 cm³/mol. The molecule has 0 aliphatic heterocycles. The maximum atomic E-state index is 12.3. The maximum absolute atomic E-state index is 12.3. The molecule has 0 atom stereocenters. The molecule has 4 aromatic rings. The molecular weight excluding hydrogens is 400 g/mol. The van der Waals surface area contributed by atoms with Gasteiger partial charge in [0.1, 0.15) is 5.82 Å². The zero-order valence-corrected chi connectivity index (χ0v) is 17.3. The summed E-state index contributed by atoms with van der Waals surface area (Å²) in [7, 11) is 0. The van der Waals surface area contributed by atoms with Crippen LogP contribution in [0.3, 0.4) is 0 Å². The fraction of sp³-hybridized carbons (Fsp3) is 0.273. The second-order valence-electron chi connectivity index (χ2n) is 7.12. The number of carbonyl (C=O) groups is 1. The second kappa shape index (κ2) is 9.54. The van der Waals surface area contributed by atoms with E-state index in [9.17, 15) is 4.79 Å². The van der Waals surface area contributed by atoms with E-state index in [0.717, 1.165) is 49.1 Å². The highest BCUT2D eigenvalue weighted by Gasteiger charge is 2.10. The lowest BCUT2D eigenvalue weighted by atomic mass is 10.2. The molecule has 0 aliphatic rings. The van der Waals surface area contributed by atoms with Gasteiger partial charge in [-0.3, -0.25) is 14.5 Å². The van der Waals surface area contributed by atoms with Crippen molar-refractivity contribution < 1.29 is 4.79 Å². The number of halogens is 1. The fourth-order valence-electron chi connectivity index (χ4n) is 3.28. The van der Waals surface area contributed by atoms with Gasteiger partial charge in [0, 0.05) is 25.4 Å². The van der Waals surface area contributed by atoms with Gasteiger partial charge < -0.3 is 10.3 Å². The third kappa shape index (κ3) is 5.04. The molecule has 0 bridgehead atoms. The van der Waals surface area contributed by atoms with Crippen LogP contribution in [-0.2, 0) is 19.5 Å². The molecular formula is C22H23ClN6O. The van der Waals surface area contributed by atoms with E-state index in [1.54, 1.807) is 30.7 Å². The third-order valence-corrected chi connectivity index (χ3v) is 5.23. The van der Waals surface area contributed by atoms with E-state index in [1.807, 2.05) is 28.9 Å². The molecule has 0 saturated heterocycles. The van der Waals surface area contributed by atoms with Crippen molar-refractivity contribution in [2.75, 3.05) is 0 Å². The van der Waals surface area contributed by atoms with E-state index in [4.69, 9.17) is 11.6 Å². The number of aromatic nitrogens is 5. The number of rotatable bonds is 9. The lowest BCUT2D eigenvalue weighted by molar-refractivity contribution is 0.0950. The minimum Gasteiger partial charge on any atom is -0.346 e. The maximum Gasteiger partial charge on any atom is 0.254 e. The van der Waals surface area contributed by atoms with Gasteiger partial charge in [0.05, 0.1) is 40.1 Å². The first-order chi connectivity index (χ1) is 14.7. The summed E-state index contributed by atoms with van der Waals surface area (Å²) in [6.07, 6.45) is 9.05. The molecule has 1 aromatic carbocycles. The summed E-state index contributed by atoms with van der Waals surface area (Å²) in [6.45, 7) is 1.06. The number of pyridine rings is 1. The average Bonchev–Trinajstić information content (AvgIpc) is 3.39. The van der Waals surface area contributed by atoms with Crippen molar-refractivity contribution in [1.29, 1.82) is 0 Å². The summed E-state index contributed by atoms with van der Waals surface area (Å²) in [5, 5.41) is 7.65. The largest absolute Gasteiger partial charge is 0.346 e. The van der Waals surface area contributed by atoms with E-state index in [-0.39, 0.29) is 12.5 Å². The average molecular weight is 423 g/mol. The van der Waals surface area contributed by atoms with Crippen molar-refractivity contribution in [3.05, 3.63) is 77.1 Å². The number of nitrogens with one attached hydrogen (secondary N) is 2. The van der Waals surface area contributed by atoms with Gasteiger partial charge in [-0.2, -0.15) is 5.10 Å². The molecule has 1 amide bonds. The van der Waals surface area contributed by atoms with E-state index < -0.39 is 0 Å². The minimum atomic E-state index is -0.187. The van der Waals surface area contributed by atoms with Crippen molar-refractivity contribution >= 4 is 28.5 Å². The van der Waals surface area contributed by atoms with Crippen LogP contribution in [0.2, 0.25) is 5.02 Å². The number of benzene rings is 1. The normalized spacial score (nSPS) is 11.1. The topological polar surface area (TPSA) is 88.5 Å². The number of amides is 1. The summed E-state index contributed by atoms with van der Waals surface area (Å²) in [4.78, 5) is 24.4. The number of aryl methyl sites for hydroxylation is 2. The molecule has 4 rings (SSSR count). The molecule has 7 nitrogen and oxygen atoms in total. The number of unbranched alkanes of at least 4 members (excludes halogenated alkanes) is 2. The Morgan fingerprint density at radius 3 is 2.90 bits per heavy atom. The summed E-state index contributed by atoms with van der Waals surface area (Å²) in [5.41, 5.74) is 3.27. The lowest BCUT2D eigenvalue weighted by Gasteiger charge is -2.04. The Labute approximate surface area is 179 Å². The standard InChI is InChI=1S/C22H23ClN6O/c23-17-7-6-11-24-20(17)14-25-22(30)16-13-26-29(15-16)12-5-1-2-10-21-27-18-8-3-4-9-19(18)28-21/h3-4,6-9,11,13,15H,1-2,5,10,12,14H2,(H,25,30)(H,27,28). The zero-order chi connectivity index (χ0) is 20.8. The third-order valence-electron chi connectivity index (χ3n) is 4.89. The van der Waals surface area contributed by atoms with Gasteiger partial charge in [0.2, 0.25) is 0 Å². The summed E-state index contributed by atoms with van der Waals surface area (Å²) < 4.78 is 1.81. The lowest BCUT2D eigenvalue weighted by Crippen LogP contribution is -2.23. The van der Waals surface area contributed by atoms with Crippen LogP contribution in [0.15, 0.2) is 55.0 Å². The van der Waals surface area contributed by atoms with E-state index in [1.165, 1.54) is 0 Å².